The van der Waals surface area contributed by atoms with Gasteiger partial charge in [-0.1, -0.05) is 13.2 Å². The van der Waals surface area contributed by atoms with E-state index in [1.807, 2.05) is 0 Å². The number of carboxylic acids is 1. The van der Waals surface area contributed by atoms with E-state index in [-0.39, 0.29) is 29.7 Å². The molecule has 0 saturated heterocycles. The second-order valence-electron chi connectivity index (χ2n) is 4.90. The number of fused-ring (bicyclic) bond motifs is 1. The Balaban J connectivity index is 2.12. The minimum Gasteiger partial charge on any atom is -0.481 e. The van der Waals surface area contributed by atoms with E-state index < -0.39 is 11.5 Å². The average Bonchev–Trinajstić information content (AvgIpc) is 3.00. The highest BCUT2D eigenvalue weighted by molar-refractivity contribution is 7.12. The van der Waals surface area contributed by atoms with Gasteiger partial charge in [-0.25, -0.2) is 14.6 Å². The lowest BCUT2D eigenvalue weighted by Gasteiger charge is -2.07. The summed E-state index contributed by atoms with van der Waals surface area (Å²) in [5.74, 6) is -1.09. The Morgan fingerprint density at radius 1 is 1.32 bits per heavy atom. The molecule has 0 radical (unpaired) electrons. The van der Waals surface area contributed by atoms with Crippen molar-refractivity contribution in [3.8, 4) is 0 Å². The number of carbonyl (C=O) groups is 1. The van der Waals surface area contributed by atoms with Gasteiger partial charge in [-0.05, 0) is 12.2 Å². The molecule has 25 heavy (non-hydrogen) atoms. The van der Waals surface area contributed by atoms with Crippen molar-refractivity contribution < 1.29 is 9.90 Å². The van der Waals surface area contributed by atoms with Gasteiger partial charge in [0.2, 0.25) is 0 Å². The molecule has 3 rings (SSSR count). The number of rotatable bonds is 6. The van der Waals surface area contributed by atoms with Crippen molar-refractivity contribution in [3.63, 3.8) is 0 Å². The summed E-state index contributed by atoms with van der Waals surface area (Å²) >= 11 is 1.34. The van der Waals surface area contributed by atoms with Gasteiger partial charge in [-0.15, -0.1) is 21.5 Å². The number of thiazole rings is 1. The third-order valence-electron chi connectivity index (χ3n) is 3.28. The number of nitrogens with zero attached hydrogens (tertiary/aromatic N) is 6. The highest BCUT2D eigenvalue weighted by Crippen LogP contribution is 2.21. The zero-order valence-corrected chi connectivity index (χ0v) is 13.7. The van der Waals surface area contributed by atoms with Crippen LogP contribution < -0.4 is 5.56 Å². The van der Waals surface area contributed by atoms with Crippen LogP contribution in [-0.2, 0) is 17.8 Å². The fraction of sp³-hybridized carbons (Fsp3) is 0.133. The van der Waals surface area contributed by atoms with E-state index in [2.05, 4.69) is 38.4 Å². The van der Waals surface area contributed by atoms with Crippen LogP contribution in [-0.4, -0.2) is 41.0 Å². The summed E-state index contributed by atoms with van der Waals surface area (Å²) in [4.78, 5) is 32.7. The minimum atomic E-state index is -1.09. The Bertz CT molecular complexity index is 1030. The normalized spacial score (nSPS) is 10.7. The maximum atomic E-state index is 12.5. The standard InChI is InChI=1S/C15H12N6O3S/c1-3-8-10(4-2)25-11(18-8)6-21-15(24)14-13(16-7-17-19-14)9(20-21)5-12(22)23/h3-4,7H,1-2,5-6H2,(H,22,23). The van der Waals surface area contributed by atoms with Crippen LogP contribution in [0.15, 0.2) is 24.3 Å². The molecule has 0 atom stereocenters. The third kappa shape index (κ3) is 3.19. The number of carboxylic acid groups (broad SMARTS) is 1. The van der Waals surface area contributed by atoms with Crippen molar-refractivity contribution in [1.82, 2.24) is 29.9 Å². The fourth-order valence-electron chi connectivity index (χ4n) is 2.24. The monoisotopic (exact) mass is 356 g/mol. The highest BCUT2D eigenvalue weighted by atomic mass is 32.1. The van der Waals surface area contributed by atoms with Crippen molar-refractivity contribution in [1.29, 1.82) is 0 Å². The largest absolute Gasteiger partial charge is 0.481 e. The van der Waals surface area contributed by atoms with E-state index in [0.29, 0.717) is 10.7 Å². The summed E-state index contributed by atoms with van der Waals surface area (Å²) in [6.45, 7) is 7.46. The second-order valence-corrected chi connectivity index (χ2v) is 6.02. The SMILES string of the molecule is C=Cc1nc(Cn2nc(CC(=O)O)c3ncnnc3c2=O)sc1C=C. The van der Waals surface area contributed by atoms with Gasteiger partial charge >= 0.3 is 5.97 Å². The number of hydrogen-bond acceptors (Lipinski definition) is 8. The summed E-state index contributed by atoms with van der Waals surface area (Å²) in [5, 5.41) is 21.2. The molecule has 0 bridgehead atoms. The van der Waals surface area contributed by atoms with Crippen LogP contribution in [0.1, 0.15) is 21.3 Å². The zero-order valence-electron chi connectivity index (χ0n) is 12.9. The second kappa shape index (κ2) is 6.69. The lowest BCUT2D eigenvalue weighted by Crippen LogP contribution is -2.27. The van der Waals surface area contributed by atoms with E-state index in [0.717, 1.165) is 15.9 Å². The first-order valence-corrected chi connectivity index (χ1v) is 7.89. The highest BCUT2D eigenvalue weighted by Gasteiger charge is 2.17. The number of aliphatic carboxylic acids is 1. The fourth-order valence-corrected chi connectivity index (χ4v) is 3.14. The van der Waals surface area contributed by atoms with Crippen LogP contribution in [0.3, 0.4) is 0 Å². The Kier molecular flexibility index (Phi) is 4.44. The van der Waals surface area contributed by atoms with E-state index in [4.69, 9.17) is 5.11 Å². The summed E-state index contributed by atoms with van der Waals surface area (Å²) in [7, 11) is 0. The molecule has 0 fully saturated rings. The van der Waals surface area contributed by atoms with Crippen LogP contribution in [0.2, 0.25) is 0 Å². The van der Waals surface area contributed by atoms with E-state index in [1.165, 1.54) is 11.3 Å². The molecule has 3 aromatic rings. The van der Waals surface area contributed by atoms with Crippen LogP contribution in [0.25, 0.3) is 23.2 Å². The van der Waals surface area contributed by atoms with Gasteiger partial charge in [-0.3, -0.25) is 9.59 Å². The van der Waals surface area contributed by atoms with Gasteiger partial charge in [0.15, 0.2) is 5.52 Å². The Hall–Kier alpha value is -3.27. The quantitative estimate of drug-likeness (QED) is 0.694. The van der Waals surface area contributed by atoms with Crippen LogP contribution in [0, 0.1) is 0 Å². The number of hydrogen-bond donors (Lipinski definition) is 1. The van der Waals surface area contributed by atoms with Gasteiger partial charge < -0.3 is 5.11 Å². The zero-order chi connectivity index (χ0) is 18.0. The van der Waals surface area contributed by atoms with Gasteiger partial charge in [-0.2, -0.15) is 5.10 Å². The summed E-state index contributed by atoms with van der Waals surface area (Å²) in [5.41, 5.74) is 0.396. The molecular formula is C15H12N6O3S. The molecular weight excluding hydrogens is 344 g/mol. The van der Waals surface area contributed by atoms with E-state index >= 15 is 0 Å². The van der Waals surface area contributed by atoms with Gasteiger partial charge in [0, 0.05) is 0 Å². The Morgan fingerprint density at radius 2 is 2.12 bits per heavy atom. The Labute approximate surface area is 145 Å². The molecule has 3 heterocycles. The lowest BCUT2D eigenvalue weighted by atomic mass is 10.2. The molecule has 0 unspecified atom stereocenters. The van der Waals surface area contributed by atoms with Crippen LogP contribution in [0.4, 0.5) is 0 Å². The van der Waals surface area contributed by atoms with Crippen molar-refractivity contribution in [3.05, 3.63) is 51.1 Å². The minimum absolute atomic E-state index is 0.0294. The van der Waals surface area contributed by atoms with Crippen molar-refractivity contribution >= 4 is 40.5 Å². The molecule has 3 aromatic heterocycles. The molecule has 0 aromatic carbocycles. The average molecular weight is 356 g/mol. The summed E-state index contributed by atoms with van der Waals surface area (Å²) in [6, 6.07) is 0. The first-order chi connectivity index (χ1) is 12.0. The van der Waals surface area contributed by atoms with Crippen molar-refractivity contribution in [2.45, 2.75) is 13.0 Å². The maximum absolute atomic E-state index is 12.5. The maximum Gasteiger partial charge on any atom is 0.309 e. The van der Waals surface area contributed by atoms with Crippen molar-refractivity contribution in [2.24, 2.45) is 0 Å². The molecule has 0 spiro atoms. The van der Waals surface area contributed by atoms with Crippen molar-refractivity contribution in [2.75, 3.05) is 0 Å². The first-order valence-electron chi connectivity index (χ1n) is 7.07. The van der Waals surface area contributed by atoms with E-state index in [1.54, 1.807) is 12.2 Å². The van der Waals surface area contributed by atoms with Gasteiger partial charge in [0.05, 0.1) is 23.5 Å². The lowest BCUT2D eigenvalue weighted by molar-refractivity contribution is -0.136. The van der Waals surface area contributed by atoms with Gasteiger partial charge in [0.1, 0.15) is 22.5 Å². The number of aromatic nitrogens is 6. The van der Waals surface area contributed by atoms with Gasteiger partial charge in [0.25, 0.3) is 5.56 Å². The molecule has 1 N–H and O–H groups in total. The topological polar surface area (TPSA) is 124 Å². The molecule has 0 aliphatic rings. The van der Waals surface area contributed by atoms with E-state index in [9.17, 15) is 9.59 Å². The molecule has 0 amide bonds. The Morgan fingerprint density at radius 3 is 2.76 bits per heavy atom. The molecule has 0 aliphatic carbocycles. The molecule has 9 nitrogen and oxygen atoms in total. The predicted octanol–water partition coefficient (Wildman–Crippen LogP) is 0.999. The van der Waals surface area contributed by atoms with Crippen LogP contribution in [0.5, 0.6) is 0 Å². The third-order valence-corrected chi connectivity index (χ3v) is 4.33. The molecule has 0 aliphatic heterocycles. The smallest absolute Gasteiger partial charge is 0.309 e. The summed E-state index contributed by atoms with van der Waals surface area (Å²) in [6.07, 6.45) is 4.01. The summed E-state index contributed by atoms with van der Waals surface area (Å²) < 4.78 is 1.12. The molecule has 126 valence electrons. The predicted molar refractivity (Wildman–Crippen MR) is 92.1 cm³/mol. The molecule has 0 saturated carbocycles. The van der Waals surface area contributed by atoms with Crippen LogP contribution >= 0.6 is 11.3 Å². The first kappa shape index (κ1) is 16.6. The molecule has 10 heteroatoms.